The van der Waals surface area contributed by atoms with E-state index in [1.165, 1.54) is 11.5 Å². The fourth-order valence-electron chi connectivity index (χ4n) is 2.05. The minimum atomic E-state index is -0.798. The van der Waals surface area contributed by atoms with E-state index >= 15 is 0 Å². The maximum atomic E-state index is 12.2. The first-order chi connectivity index (χ1) is 11.2. The van der Waals surface area contributed by atoms with Crippen molar-refractivity contribution in [2.75, 3.05) is 0 Å². The molecule has 0 unspecified atom stereocenters. The van der Waals surface area contributed by atoms with Gasteiger partial charge in [0.25, 0.3) is 0 Å². The molecule has 3 aromatic rings. The fourth-order valence-corrected chi connectivity index (χ4v) is 2.83. The van der Waals surface area contributed by atoms with Gasteiger partial charge in [0, 0.05) is 5.39 Å². The third-order valence-electron chi connectivity index (χ3n) is 3.15. The van der Waals surface area contributed by atoms with Gasteiger partial charge in [-0.15, -0.1) is 5.69 Å². The summed E-state index contributed by atoms with van der Waals surface area (Å²) in [6.45, 7) is 0. The summed E-state index contributed by atoms with van der Waals surface area (Å²) < 4.78 is 5.00. The number of aromatic nitrogens is 1. The van der Waals surface area contributed by atoms with E-state index < -0.39 is 17.2 Å². The summed E-state index contributed by atoms with van der Waals surface area (Å²) in [4.78, 5) is 12.2. The second kappa shape index (κ2) is 8.08. The molecule has 1 amide bonds. The second-order valence-electron chi connectivity index (χ2n) is 4.62. The fraction of sp³-hybridized carbons (Fsp3) is 0. The van der Waals surface area contributed by atoms with E-state index in [1.54, 1.807) is 48.5 Å². The standard InChI is InChI=1S/C17H11N3O2S.Na/c18-10-13(17(22)19-11-6-2-1-3-7-11)16(21)15-12-8-4-5-9-14(12)23-20-15;/h1-9H,(H2,19,21,22);/q;+1/p-1. The normalized spacial score (nSPS) is 11.1. The van der Waals surface area contributed by atoms with E-state index in [4.69, 9.17) is 0 Å². The van der Waals surface area contributed by atoms with E-state index in [9.17, 15) is 15.2 Å². The van der Waals surface area contributed by atoms with Gasteiger partial charge in [0.05, 0.1) is 10.6 Å². The minimum absolute atomic E-state index is 0. The molecule has 1 aromatic heterocycles. The Hall–Kier alpha value is -2.17. The first kappa shape index (κ1) is 18.2. The average molecular weight is 343 g/mol. The zero-order chi connectivity index (χ0) is 16.2. The Bertz CT molecular complexity index is 945. The largest absolute Gasteiger partial charge is 1.00 e. The van der Waals surface area contributed by atoms with E-state index in [-0.39, 0.29) is 35.3 Å². The number of para-hydroxylation sites is 1. The monoisotopic (exact) mass is 343 g/mol. The molecule has 1 heterocycles. The van der Waals surface area contributed by atoms with Gasteiger partial charge in [-0.05, 0) is 17.6 Å². The molecule has 24 heavy (non-hydrogen) atoms. The van der Waals surface area contributed by atoms with Crippen molar-refractivity contribution < 1.29 is 39.5 Å². The Kier molecular flexibility index (Phi) is 6.12. The SMILES string of the molecule is N#CC(C(=O)[N-]c1ccccc1)=C(O)c1nsc2ccccc12.[Na+]. The van der Waals surface area contributed by atoms with Gasteiger partial charge in [0.15, 0.2) is 5.76 Å². The molecule has 3 rings (SSSR count). The van der Waals surface area contributed by atoms with Crippen LogP contribution < -0.4 is 29.6 Å². The van der Waals surface area contributed by atoms with Gasteiger partial charge in [0.2, 0.25) is 0 Å². The van der Waals surface area contributed by atoms with Gasteiger partial charge < -0.3 is 15.2 Å². The zero-order valence-electron chi connectivity index (χ0n) is 12.8. The molecule has 0 atom stereocenters. The van der Waals surface area contributed by atoms with Crippen molar-refractivity contribution in [3.05, 3.63) is 71.2 Å². The van der Waals surface area contributed by atoms with Crippen molar-refractivity contribution in [1.29, 1.82) is 5.26 Å². The Morgan fingerprint density at radius 3 is 2.50 bits per heavy atom. The maximum absolute atomic E-state index is 12.2. The first-order valence-corrected chi connectivity index (χ1v) is 7.47. The van der Waals surface area contributed by atoms with Gasteiger partial charge in [0.1, 0.15) is 17.3 Å². The molecule has 0 spiro atoms. The van der Waals surface area contributed by atoms with Crippen LogP contribution in [0.5, 0.6) is 0 Å². The number of hydrogen-bond donors (Lipinski definition) is 1. The molecule has 0 aliphatic heterocycles. The molecule has 0 radical (unpaired) electrons. The summed E-state index contributed by atoms with van der Waals surface area (Å²) in [5.41, 5.74) is 0.213. The van der Waals surface area contributed by atoms with Crippen molar-refractivity contribution in [1.82, 2.24) is 4.37 Å². The zero-order valence-corrected chi connectivity index (χ0v) is 15.6. The molecule has 0 aliphatic rings. The topological polar surface area (TPSA) is 88.1 Å². The Morgan fingerprint density at radius 1 is 1.12 bits per heavy atom. The van der Waals surface area contributed by atoms with Crippen LogP contribution in [0.3, 0.4) is 0 Å². The quantitative estimate of drug-likeness (QED) is 0.336. The van der Waals surface area contributed by atoms with Crippen LogP contribution in [0.1, 0.15) is 5.69 Å². The number of nitrogens with zero attached hydrogens (tertiary/aromatic N) is 3. The molecule has 0 aliphatic carbocycles. The number of rotatable bonds is 3. The van der Waals surface area contributed by atoms with Crippen LogP contribution >= 0.6 is 11.5 Å². The molecule has 1 N–H and O–H groups in total. The van der Waals surface area contributed by atoms with Crippen LogP contribution in [0.15, 0.2) is 60.2 Å². The number of carbonyl (C=O) groups is 1. The second-order valence-corrected chi connectivity index (χ2v) is 5.42. The van der Waals surface area contributed by atoms with Gasteiger partial charge in [-0.3, -0.25) is 0 Å². The van der Waals surface area contributed by atoms with Crippen molar-refractivity contribution in [2.24, 2.45) is 0 Å². The number of fused-ring (bicyclic) bond motifs is 1. The summed E-state index contributed by atoms with van der Waals surface area (Å²) in [6.07, 6.45) is 0. The predicted molar refractivity (Wildman–Crippen MR) is 89.2 cm³/mol. The summed E-state index contributed by atoms with van der Waals surface area (Å²) in [5, 5.41) is 24.1. The van der Waals surface area contributed by atoms with E-state index in [0.717, 1.165) is 4.70 Å². The van der Waals surface area contributed by atoms with Gasteiger partial charge in [-0.2, -0.15) is 9.64 Å². The van der Waals surface area contributed by atoms with Crippen LogP contribution in [0.25, 0.3) is 21.2 Å². The van der Waals surface area contributed by atoms with Crippen LogP contribution in [-0.4, -0.2) is 15.4 Å². The number of amides is 1. The first-order valence-electron chi connectivity index (χ1n) is 6.70. The molecule has 112 valence electrons. The molecule has 0 bridgehead atoms. The number of aliphatic hydroxyl groups excluding tert-OH is 1. The van der Waals surface area contributed by atoms with Gasteiger partial charge >= 0.3 is 29.6 Å². The van der Waals surface area contributed by atoms with Crippen molar-refractivity contribution >= 4 is 39.0 Å². The van der Waals surface area contributed by atoms with Crippen molar-refractivity contribution in [2.45, 2.75) is 0 Å². The molecule has 5 nitrogen and oxygen atoms in total. The molecule has 7 heteroatoms. The summed E-state index contributed by atoms with van der Waals surface area (Å²) >= 11 is 1.19. The van der Waals surface area contributed by atoms with E-state index in [0.29, 0.717) is 11.1 Å². The summed E-state index contributed by atoms with van der Waals surface area (Å²) in [6, 6.07) is 17.6. The number of benzene rings is 2. The molecule has 0 saturated heterocycles. The molecule has 2 aromatic carbocycles. The van der Waals surface area contributed by atoms with Gasteiger partial charge in [-0.25, -0.2) is 0 Å². The van der Waals surface area contributed by atoms with Crippen LogP contribution in [0.2, 0.25) is 0 Å². The number of hydrogen-bond acceptors (Lipinski definition) is 5. The average Bonchev–Trinajstić information content (AvgIpc) is 3.00. The van der Waals surface area contributed by atoms with Gasteiger partial charge in [-0.1, -0.05) is 48.5 Å². The number of nitriles is 1. The van der Waals surface area contributed by atoms with E-state index in [2.05, 4.69) is 9.69 Å². The predicted octanol–water partition coefficient (Wildman–Crippen LogP) is 1.32. The summed E-state index contributed by atoms with van der Waals surface area (Å²) in [5.74, 6) is -1.25. The van der Waals surface area contributed by atoms with Crippen LogP contribution in [0.4, 0.5) is 5.69 Å². The summed E-state index contributed by atoms with van der Waals surface area (Å²) in [7, 11) is 0. The third-order valence-corrected chi connectivity index (χ3v) is 3.98. The van der Waals surface area contributed by atoms with Crippen molar-refractivity contribution in [3.8, 4) is 6.07 Å². The Balaban J connectivity index is 0.00000208. The molecule has 0 fully saturated rings. The number of carbonyl (C=O) groups excluding carboxylic acids is 1. The maximum Gasteiger partial charge on any atom is 1.00 e. The molecule has 0 saturated carbocycles. The Labute approximate surface area is 164 Å². The van der Waals surface area contributed by atoms with Crippen molar-refractivity contribution in [3.63, 3.8) is 0 Å². The molecular weight excluding hydrogens is 333 g/mol. The van der Waals surface area contributed by atoms with Crippen LogP contribution in [-0.2, 0) is 4.79 Å². The third kappa shape index (κ3) is 3.66. The number of aliphatic hydroxyl groups is 1. The smallest absolute Gasteiger partial charge is 0.622 e. The minimum Gasteiger partial charge on any atom is -0.622 e. The Morgan fingerprint density at radius 2 is 1.79 bits per heavy atom. The van der Waals surface area contributed by atoms with Crippen LogP contribution in [0, 0.1) is 11.3 Å². The molecular formula is C17H10N3NaO2S. The van der Waals surface area contributed by atoms with E-state index in [1.807, 2.05) is 12.1 Å².